The zero-order chi connectivity index (χ0) is 14.0. The third-order valence-corrected chi connectivity index (χ3v) is 4.69. The summed E-state index contributed by atoms with van der Waals surface area (Å²) in [6, 6.07) is 7.74. The van der Waals surface area contributed by atoms with E-state index in [0.29, 0.717) is 5.92 Å². The molecule has 0 spiro atoms. The summed E-state index contributed by atoms with van der Waals surface area (Å²) in [6.45, 7) is 0.729. The fraction of sp³-hybridized carbons (Fsp3) is 0.588. The van der Waals surface area contributed by atoms with E-state index in [1.54, 1.807) is 0 Å². The second-order valence-electron chi connectivity index (χ2n) is 6.20. The first kappa shape index (κ1) is 13.5. The molecule has 0 aromatic heterocycles. The van der Waals surface area contributed by atoms with Gasteiger partial charge in [-0.05, 0) is 37.7 Å². The van der Waals surface area contributed by atoms with Crippen molar-refractivity contribution in [2.75, 3.05) is 6.61 Å². The van der Waals surface area contributed by atoms with Crippen molar-refractivity contribution >= 4 is 5.97 Å². The molecule has 0 aliphatic heterocycles. The Hall–Kier alpha value is -1.51. The molecule has 0 saturated heterocycles. The smallest absolute Gasteiger partial charge is 0.314 e. The minimum absolute atomic E-state index is 0.676. The lowest BCUT2D eigenvalue weighted by molar-refractivity contribution is -0.145. The van der Waals surface area contributed by atoms with Crippen LogP contribution in [0.3, 0.4) is 0 Å². The monoisotopic (exact) mass is 274 g/mol. The van der Waals surface area contributed by atoms with E-state index in [4.69, 9.17) is 4.74 Å². The number of hydrogen-bond acceptors (Lipinski definition) is 2. The van der Waals surface area contributed by atoms with Gasteiger partial charge in [0, 0.05) is 5.56 Å². The van der Waals surface area contributed by atoms with E-state index < -0.39 is 11.4 Å². The van der Waals surface area contributed by atoms with Gasteiger partial charge in [0.15, 0.2) is 0 Å². The van der Waals surface area contributed by atoms with E-state index in [2.05, 4.69) is 0 Å². The highest BCUT2D eigenvalue weighted by Gasteiger charge is 2.43. The molecule has 108 valence electrons. The lowest BCUT2D eigenvalue weighted by Crippen LogP contribution is -2.38. The molecular weight excluding hydrogens is 252 g/mol. The predicted molar refractivity (Wildman–Crippen MR) is 77.1 cm³/mol. The Balaban J connectivity index is 1.90. The number of hydrogen-bond donors (Lipinski definition) is 1. The maximum atomic E-state index is 11.9. The third-order valence-electron chi connectivity index (χ3n) is 4.69. The topological polar surface area (TPSA) is 46.5 Å². The third kappa shape index (κ3) is 2.54. The van der Waals surface area contributed by atoms with Gasteiger partial charge in [-0.15, -0.1) is 0 Å². The molecule has 0 radical (unpaired) electrons. The summed E-state index contributed by atoms with van der Waals surface area (Å²) >= 11 is 0. The summed E-state index contributed by atoms with van der Waals surface area (Å²) < 4.78 is 5.93. The van der Waals surface area contributed by atoms with Gasteiger partial charge in [0.05, 0.1) is 12.0 Å². The van der Waals surface area contributed by atoms with Crippen molar-refractivity contribution in [2.24, 2.45) is 5.92 Å². The first-order chi connectivity index (χ1) is 9.72. The van der Waals surface area contributed by atoms with Crippen LogP contribution in [0.15, 0.2) is 24.3 Å². The highest BCUT2D eigenvalue weighted by molar-refractivity contribution is 5.82. The van der Waals surface area contributed by atoms with Gasteiger partial charge in [0.1, 0.15) is 5.75 Å². The Labute approximate surface area is 120 Å². The predicted octanol–water partition coefficient (Wildman–Crippen LogP) is 3.76. The van der Waals surface area contributed by atoms with Gasteiger partial charge in [-0.25, -0.2) is 0 Å². The Bertz CT molecular complexity index is 485. The SMILES string of the molecule is O=C(O)C1(c2ccccc2OCC2CC2)CCCCC1. The van der Waals surface area contributed by atoms with Crippen molar-refractivity contribution in [3.63, 3.8) is 0 Å². The first-order valence-electron chi connectivity index (χ1n) is 7.68. The number of carboxylic acids is 1. The molecule has 0 heterocycles. The van der Waals surface area contributed by atoms with Gasteiger partial charge in [-0.1, -0.05) is 37.5 Å². The number of rotatable bonds is 5. The van der Waals surface area contributed by atoms with Crippen LogP contribution in [0.25, 0.3) is 0 Å². The van der Waals surface area contributed by atoms with Crippen molar-refractivity contribution in [3.8, 4) is 5.75 Å². The molecule has 3 heteroatoms. The summed E-state index contributed by atoms with van der Waals surface area (Å²) in [5, 5.41) is 9.80. The highest BCUT2D eigenvalue weighted by atomic mass is 16.5. The van der Waals surface area contributed by atoms with Gasteiger partial charge >= 0.3 is 5.97 Å². The number of para-hydroxylation sites is 1. The van der Waals surface area contributed by atoms with Crippen molar-refractivity contribution in [2.45, 2.75) is 50.4 Å². The van der Waals surface area contributed by atoms with Crippen molar-refractivity contribution < 1.29 is 14.6 Å². The number of ether oxygens (including phenoxy) is 1. The molecular formula is C17H22O3. The quantitative estimate of drug-likeness (QED) is 0.889. The highest BCUT2D eigenvalue weighted by Crippen LogP contribution is 2.44. The number of carbonyl (C=O) groups is 1. The Morgan fingerprint density at radius 3 is 2.55 bits per heavy atom. The Morgan fingerprint density at radius 1 is 1.20 bits per heavy atom. The van der Waals surface area contributed by atoms with E-state index in [9.17, 15) is 9.90 Å². The summed E-state index contributed by atoms with van der Waals surface area (Å²) in [5.41, 5.74) is 0.145. The van der Waals surface area contributed by atoms with Gasteiger partial charge in [0.25, 0.3) is 0 Å². The molecule has 0 unspecified atom stereocenters. The van der Waals surface area contributed by atoms with Crippen LogP contribution in [-0.4, -0.2) is 17.7 Å². The molecule has 3 nitrogen and oxygen atoms in total. The van der Waals surface area contributed by atoms with Gasteiger partial charge in [-0.2, -0.15) is 0 Å². The van der Waals surface area contributed by atoms with E-state index in [1.807, 2.05) is 24.3 Å². The first-order valence-corrected chi connectivity index (χ1v) is 7.68. The molecule has 2 fully saturated rings. The number of aliphatic carboxylic acids is 1. The van der Waals surface area contributed by atoms with Crippen molar-refractivity contribution in [1.29, 1.82) is 0 Å². The summed E-state index contributed by atoms with van der Waals surface area (Å²) in [7, 11) is 0. The lowest BCUT2D eigenvalue weighted by Gasteiger charge is -2.34. The van der Waals surface area contributed by atoms with Crippen LogP contribution in [-0.2, 0) is 10.2 Å². The van der Waals surface area contributed by atoms with Gasteiger partial charge in [-0.3, -0.25) is 4.79 Å². The Kier molecular flexibility index (Phi) is 3.68. The van der Waals surface area contributed by atoms with Gasteiger partial charge in [0.2, 0.25) is 0 Å². The van der Waals surface area contributed by atoms with E-state index in [1.165, 1.54) is 12.8 Å². The summed E-state index contributed by atoms with van der Waals surface area (Å²) in [4.78, 5) is 11.9. The zero-order valence-corrected chi connectivity index (χ0v) is 11.8. The average molecular weight is 274 g/mol. The van der Waals surface area contributed by atoms with Crippen LogP contribution in [0.4, 0.5) is 0 Å². The fourth-order valence-corrected chi connectivity index (χ4v) is 3.23. The normalized spacial score (nSPS) is 21.4. The Morgan fingerprint density at radius 2 is 1.90 bits per heavy atom. The molecule has 20 heavy (non-hydrogen) atoms. The average Bonchev–Trinajstić information content (AvgIpc) is 3.30. The van der Waals surface area contributed by atoms with Crippen LogP contribution in [0.5, 0.6) is 5.75 Å². The molecule has 0 atom stereocenters. The molecule has 2 saturated carbocycles. The van der Waals surface area contributed by atoms with Crippen molar-refractivity contribution in [1.82, 2.24) is 0 Å². The van der Waals surface area contributed by atoms with Crippen LogP contribution in [0.1, 0.15) is 50.5 Å². The molecule has 1 N–H and O–H groups in total. The van der Waals surface area contributed by atoms with Crippen LogP contribution in [0.2, 0.25) is 0 Å². The van der Waals surface area contributed by atoms with Crippen LogP contribution in [0, 0.1) is 5.92 Å². The molecule has 2 aliphatic carbocycles. The second kappa shape index (κ2) is 5.47. The number of benzene rings is 1. The molecule has 2 aliphatic rings. The minimum Gasteiger partial charge on any atom is -0.493 e. The standard InChI is InChI=1S/C17H22O3/c18-16(19)17(10-4-1-5-11-17)14-6-2-3-7-15(14)20-12-13-8-9-13/h2-3,6-7,13H,1,4-5,8-12H2,(H,18,19). The molecule has 3 rings (SSSR count). The maximum Gasteiger partial charge on any atom is 0.314 e. The van der Waals surface area contributed by atoms with E-state index in [-0.39, 0.29) is 0 Å². The van der Waals surface area contributed by atoms with Crippen LogP contribution >= 0.6 is 0 Å². The fourth-order valence-electron chi connectivity index (χ4n) is 3.23. The minimum atomic E-state index is -0.738. The van der Waals surface area contributed by atoms with Gasteiger partial charge < -0.3 is 9.84 Å². The largest absolute Gasteiger partial charge is 0.493 e. The summed E-state index contributed by atoms with van der Waals surface area (Å²) in [5.74, 6) is 0.763. The van der Waals surface area contributed by atoms with Crippen molar-refractivity contribution in [3.05, 3.63) is 29.8 Å². The lowest BCUT2D eigenvalue weighted by atomic mass is 9.69. The zero-order valence-electron chi connectivity index (χ0n) is 11.8. The molecule has 0 bridgehead atoms. The second-order valence-corrected chi connectivity index (χ2v) is 6.20. The molecule has 1 aromatic rings. The van der Waals surface area contributed by atoms with Crippen LogP contribution < -0.4 is 4.74 Å². The molecule has 0 amide bonds. The van der Waals surface area contributed by atoms with E-state index in [0.717, 1.165) is 50.0 Å². The maximum absolute atomic E-state index is 11.9. The summed E-state index contributed by atoms with van der Waals surface area (Å²) in [6.07, 6.45) is 7.06. The molecule has 1 aromatic carbocycles. The number of carboxylic acid groups (broad SMARTS) is 1. The van der Waals surface area contributed by atoms with E-state index >= 15 is 0 Å².